The standard InChI is InChI=1S/C14H14N2S2/c1-10-2-3-13-12(8-10)15-14(17)16(13)6-4-11-5-7-18-9-11/h2-3,5,7-9H,4,6H2,1H3,(H,15,17). The van der Waals surface area contributed by atoms with Crippen LogP contribution in [-0.4, -0.2) is 9.55 Å². The largest absolute Gasteiger partial charge is 0.331 e. The number of benzene rings is 1. The Morgan fingerprint density at radius 2 is 2.22 bits per heavy atom. The van der Waals surface area contributed by atoms with E-state index in [0.29, 0.717) is 0 Å². The van der Waals surface area contributed by atoms with Crippen LogP contribution in [0.3, 0.4) is 0 Å². The minimum absolute atomic E-state index is 0.811. The van der Waals surface area contributed by atoms with Crippen LogP contribution in [0, 0.1) is 11.7 Å². The maximum atomic E-state index is 5.40. The number of thiophene rings is 1. The average Bonchev–Trinajstić information content (AvgIpc) is 2.93. The fourth-order valence-electron chi connectivity index (χ4n) is 2.18. The van der Waals surface area contributed by atoms with Gasteiger partial charge in [0.15, 0.2) is 4.77 Å². The highest BCUT2D eigenvalue weighted by Crippen LogP contribution is 2.17. The van der Waals surface area contributed by atoms with Gasteiger partial charge in [0.05, 0.1) is 11.0 Å². The smallest absolute Gasteiger partial charge is 0.178 e. The summed E-state index contributed by atoms with van der Waals surface area (Å²) in [7, 11) is 0. The van der Waals surface area contributed by atoms with E-state index >= 15 is 0 Å². The van der Waals surface area contributed by atoms with Gasteiger partial charge in [0.1, 0.15) is 0 Å². The van der Waals surface area contributed by atoms with Crippen LogP contribution in [0.1, 0.15) is 11.1 Å². The van der Waals surface area contributed by atoms with E-state index in [0.717, 1.165) is 23.3 Å². The summed E-state index contributed by atoms with van der Waals surface area (Å²) >= 11 is 7.14. The molecule has 0 unspecified atom stereocenters. The van der Waals surface area contributed by atoms with E-state index in [1.54, 1.807) is 11.3 Å². The zero-order valence-electron chi connectivity index (χ0n) is 10.1. The minimum Gasteiger partial charge on any atom is -0.331 e. The first kappa shape index (κ1) is 11.7. The van der Waals surface area contributed by atoms with Gasteiger partial charge in [-0.25, -0.2) is 0 Å². The molecule has 2 heterocycles. The number of nitrogens with zero attached hydrogens (tertiary/aromatic N) is 1. The van der Waals surface area contributed by atoms with Gasteiger partial charge in [-0.2, -0.15) is 11.3 Å². The molecule has 18 heavy (non-hydrogen) atoms. The Kier molecular flexibility index (Phi) is 3.06. The van der Waals surface area contributed by atoms with Crippen molar-refractivity contribution < 1.29 is 0 Å². The third-order valence-corrected chi connectivity index (χ3v) is 4.19. The van der Waals surface area contributed by atoms with E-state index in [-0.39, 0.29) is 0 Å². The molecule has 0 saturated carbocycles. The summed E-state index contributed by atoms with van der Waals surface area (Å²) in [6, 6.07) is 8.59. The van der Waals surface area contributed by atoms with Gasteiger partial charge in [-0.3, -0.25) is 0 Å². The summed E-state index contributed by atoms with van der Waals surface area (Å²) in [5, 5.41) is 4.32. The molecule has 3 aromatic rings. The number of nitrogens with one attached hydrogen (secondary N) is 1. The normalized spacial score (nSPS) is 11.2. The molecule has 2 nitrogen and oxygen atoms in total. The molecular weight excluding hydrogens is 260 g/mol. The third kappa shape index (κ3) is 2.13. The van der Waals surface area contributed by atoms with Gasteiger partial charge in [0.25, 0.3) is 0 Å². The molecule has 0 spiro atoms. The predicted octanol–water partition coefficient (Wildman–Crippen LogP) is 4.31. The summed E-state index contributed by atoms with van der Waals surface area (Å²) in [6.45, 7) is 3.03. The maximum absolute atomic E-state index is 5.40. The van der Waals surface area contributed by atoms with Gasteiger partial charge in [0, 0.05) is 6.54 Å². The Balaban J connectivity index is 1.96. The average molecular weight is 274 g/mol. The lowest BCUT2D eigenvalue weighted by Gasteiger charge is -2.03. The highest BCUT2D eigenvalue weighted by molar-refractivity contribution is 7.71. The third-order valence-electron chi connectivity index (χ3n) is 3.13. The Labute approximate surface area is 115 Å². The number of hydrogen-bond donors (Lipinski definition) is 1. The number of aryl methyl sites for hydroxylation is 3. The molecule has 0 aliphatic rings. The molecule has 4 heteroatoms. The van der Waals surface area contributed by atoms with Crippen molar-refractivity contribution in [2.45, 2.75) is 19.9 Å². The fraction of sp³-hybridized carbons (Fsp3) is 0.214. The monoisotopic (exact) mass is 274 g/mol. The summed E-state index contributed by atoms with van der Waals surface area (Å²) in [4.78, 5) is 3.28. The lowest BCUT2D eigenvalue weighted by Crippen LogP contribution is -2.00. The number of aromatic amines is 1. The molecule has 0 aliphatic heterocycles. The molecule has 0 atom stereocenters. The number of hydrogen-bond acceptors (Lipinski definition) is 2. The van der Waals surface area contributed by atoms with Crippen LogP contribution in [0.2, 0.25) is 0 Å². The second kappa shape index (κ2) is 4.71. The van der Waals surface area contributed by atoms with Crippen LogP contribution < -0.4 is 0 Å². The molecule has 3 rings (SSSR count). The van der Waals surface area contributed by atoms with Crippen LogP contribution in [0.5, 0.6) is 0 Å². The summed E-state index contributed by atoms with van der Waals surface area (Å²) < 4.78 is 2.99. The highest BCUT2D eigenvalue weighted by atomic mass is 32.1. The molecule has 0 fully saturated rings. The Morgan fingerprint density at radius 3 is 3.00 bits per heavy atom. The van der Waals surface area contributed by atoms with Crippen LogP contribution in [-0.2, 0) is 13.0 Å². The van der Waals surface area contributed by atoms with Crippen molar-refractivity contribution in [3.63, 3.8) is 0 Å². The number of rotatable bonds is 3. The molecule has 1 N–H and O–H groups in total. The molecule has 0 saturated heterocycles. The van der Waals surface area contributed by atoms with Crippen molar-refractivity contribution in [1.29, 1.82) is 0 Å². The van der Waals surface area contributed by atoms with E-state index < -0.39 is 0 Å². The van der Waals surface area contributed by atoms with Crippen LogP contribution in [0.4, 0.5) is 0 Å². The Hall–Kier alpha value is -1.39. The van der Waals surface area contributed by atoms with Gasteiger partial charge in [-0.15, -0.1) is 0 Å². The molecule has 2 aromatic heterocycles. The van der Waals surface area contributed by atoms with Gasteiger partial charge in [-0.1, -0.05) is 6.07 Å². The highest BCUT2D eigenvalue weighted by Gasteiger charge is 2.04. The van der Waals surface area contributed by atoms with Crippen LogP contribution in [0.15, 0.2) is 35.0 Å². The topological polar surface area (TPSA) is 20.7 Å². The Morgan fingerprint density at radius 1 is 1.33 bits per heavy atom. The van der Waals surface area contributed by atoms with E-state index in [1.165, 1.54) is 16.6 Å². The molecule has 0 bridgehead atoms. The summed E-state index contributed by atoms with van der Waals surface area (Å²) in [5.41, 5.74) is 4.96. The van der Waals surface area contributed by atoms with Gasteiger partial charge < -0.3 is 9.55 Å². The lowest BCUT2D eigenvalue weighted by molar-refractivity contribution is 0.708. The van der Waals surface area contributed by atoms with E-state index in [9.17, 15) is 0 Å². The minimum atomic E-state index is 0.811. The first-order valence-electron chi connectivity index (χ1n) is 5.94. The summed E-state index contributed by atoms with van der Waals surface area (Å²) in [6.07, 6.45) is 1.03. The molecule has 0 radical (unpaired) electrons. The number of fused-ring (bicyclic) bond motifs is 1. The fourth-order valence-corrected chi connectivity index (χ4v) is 3.18. The second-order valence-corrected chi connectivity index (χ2v) is 5.65. The van der Waals surface area contributed by atoms with Crippen molar-refractivity contribution >= 4 is 34.6 Å². The Bertz CT molecular complexity index is 720. The van der Waals surface area contributed by atoms with Crippen molar-refractivity contribution in [3.05, 3.63) is 50.9 Å². The summed E-state index contributed by atoms with van der Waals surface area (Å²) in [5.74, 6) is 0. The first-order chi connectivity index (χ1) is 8.74. The predicted molar refractivity (Wildman–Crippen MR) is 79.9 cm³/mol. The molecule has 1 aromatic carbocycles. The van der Waals surface area contributed by atoms with Gasteiger partial charge >= 0.3 is 0 Å². The zero-order valence-corrected chi connectivity index (χ0v) is 11.8. The lowest BCUT2D eigenvalue weighted by atomic mass is 10.2. The van der Waals surface area contributed by atoms with Crippen LogP contribution in [0.25, 0.3) is 11.0 Å². The van der Waals surface area contributed by atoms with Crippen molar-refractivity contribution in [3.8, 4) is 0 Å². The van der Waals surface area contributed by atoms with E-state index in [2.05, 4.69) is 51.5 Å². The molecular formula is C14H14N2S2. The number of aromatic nitrogens is 2. The van der Waals surface area contributed by atoms with E-state index in [1.807, 2.05) is 0 Å². The molecule has 92 valence electrons. The first-order valence-corrected chi connectivity index (χ1v) is 7.29. The SMILES string of the molecule is Cc1ccc2c(c1)[nH]c(=S)n2CCc1ccsc1. The number of imidazole rings is 1. The quantitative estimate of drug-likeness (QED) is 0.706. The van der Waals surface area contributed by atoms with Crippen molar-refractivity contribution in [2.24, 2.45) is 0 Å². The maximum Gasteiger partial charge on any atom is 0.178 e. The molecule has 0 amide bonds. The van der Waals surface area contributed by atoms with Crippen molar-refractivity contribution in [1.82, 2.24) is 9.55 Å². The second-order valence-electron chi connectivity index (χ2n) is 4.48. The number of H-pyrrole nitrogens is 1. The van der Waals surface area contributed by atoms with Gasteiger partial charge in [-0.05, 0) is 65.6 Å². The van der Waals surface area contributed by atoms with Crippen molar-refractivity contribution in [2.75, 3.05) is 0 Å². The zero-order chi connectivity index (χ0) is 12.5. The van der Waals surface area contributed by atoms with Gasteiger partial charge in [0.2, 0.25) is 0 Å². The van der Waals surface area contributed by atoms with E-state index in [4.69, 9.17) is 12.2 Å². The molecule has 0 aliphatic carbocycles. The van der Waals surface area contributed by atoms with Crippen LogP contribution >= 0.6 is 23.6 Å².